The molecule has 0 bridgehead atoms. The lowest BCUT2D eigenvalue weighted by Gasteiger charge is -2.47. The average Bonchev–Trinajstić information content (AvgIpc) is 3.61. The van der Waals surface area contributed by atoms with Crippen LogP contribution in [0, 0.1) is 12.7 Å². The van der Waals surface area contributed by atoms with Gasteiger partial charge in [0, 0.05) is 43.2 Å². The van der Waals surface area contributed by atoms with E-state index in [1.165, 1.54) is 6.07 Å². The van der Waals surface area contributed by atoms with Crippen molar-refractivity contribution in [2.45, 2.75) is 44.4 Å². The molecular formula is C32H37FN4O5S2. The highest BCUT2D eigenvalue weighted by atomic mass is 32.1. The predicted molar refractivity (Wildman–Crippen MR) is 170 cm³/mol. The minimum Gasteiger partial charge on any atom is -0.506 e. The first kappa shape index (κ1) is 30.9. The summed E-state index contributed by atoms with van der Waals surface area (Å²) in [6, 6.07) is 10.2. The molecule has 2 aromatic heterocycles. The number of phenolic OH excluding ortho intramolecular Hbond substituents is 1. The van der Waals surface area contributed by atoms with Gasteiger partial charge < -0.3 is 30.2 Å². The number of piperidine rings is 1. The van der Waals surface area contributed by atoms with Crippen molar-refractivity contribution < 1.29 is 24.1 Å². The molecule has 1 unspecified atom stereocenters. The highest BCUT2D eigenvalue weighted by Crippen LogP contribution is 2.33. The zero-order valence-corrected chi connectivity index (χ0v) is 26.2. The van der Waals surface area contributed by atoms with E-state index in [9.17, 15) is 24.2 Å². The highest BCUT2D eigenvalue weighted by Gasteiger charge is 2.41. The number of carbonyl (C=O) groups excluding carboxylic acids is 1. The Kier molecular flexibility index (Phi) is 9.18. The summed E-state index contributed by atoms with van der Waals surface area (Å²) >= 11 is 2.55. The monoisotopic (exact) mass is 640 g/mol. The molecule has 9 nitrogen and oxygen atoms in total. The summed E-state index contributed by atoms with van der Waals surface area (Å²) in [5.41, 5.74) is 3.15. The molecule has 44 heavy (non-hydrogen) atoms. The number of hydrogen-bond acceptors (Lipinski definition) is 9. The molecule has 6 rings (SSSR count). The van der Waals surface area contributed by atoms with Gasteiger partial charge in [-0.05, 0) is 73.5 Å². The molecule has 234 valence electrons. The first-order valence-electron chi connectivity index (χ1n) is 14.9. The lowest BCUT2D eigenvalue weighted by atomic mass is 9.89. The van der Waals surface area contributed by atoms with Gasteiger partial charge >= 0.3 is 4.87 Å². The molecule has 0 aliphatic carbocycles. The second kappa shape index (κ2) is 13.1. The first-order valence-corrected chi connectivity index (χ1v) is 16.6. The number of thiazole rings is 1. The van der Waals surface area contributed by atoms with Gasteiger partial charge in [-0.3, -0.25) is 14.5 Å². The van der Waals surface area contributed by atoms with Crippen LogP contribution in [-0.2, 0) is 17.7 Å². The number of nitrogens with one attached hydrogen (secondary N) is 2. The van der Waals surface area contributed by atoms with Crippen LogP contribution in [0.15, 0.2) is 46.6 Å². The maximum absolute atomic E-state index is 14.6. The van der Waals surface area contributed by atoms with Gasteiger partial charge in [0.05, 0.1) is 35.1 Å². The lowest BCUT2D eigenvalue weighted by Crippen LogP contribution is -2.57. The summed E-state index contributed by atoms with van der Waals surface area (Å²) in [5, 5.41) is 25.9. The molecular weight excluding hydrogens is 604 g/mol. The van der Waals surface area contributed by atoms with Crippen molar-refractivity contribution in [3.8, 4) is 5.75 Å². The number of hydrogen-bond donors (Lipinski definition) is 4. The molecule has 2 aliphatic heterocycles. The minimum absolute atomic E-state index is 0.0291. The molecule has 0 radical (unpaired) electrons. The molecule has 4 aromatic rings. The number of thiophene rings is 1. The molecule has 1 amide bonds. The molecule has 2 saturated heterocycles. The number of likely N-dealkylation sites (tertiary alicyclic amines) is 1. The third-order valence-corrected chi connectivity index (χ3v) is 10.5. The van der Waals surface area contributed by atoms with Crippen LogP contribution in [-0.4, -0.2) is 82.4 Å². The van der Waals surface area contributed by atoms with E-state index in [2.05, 4.69) is 15.2 Å². The van der Waals surface area contributed by atoms with E-state index < -0.39 is 6.10 Å². The van der Waals surface area contributed by atoms with Crippen molar-refractivity contribution in [3.63, 3.8) is 0 Å². The molecule has 4 heterocycles. The van der Waals surface area contributed by atoms with Gasteiger partial charge in [-0.15, -0.1) is 11.3 Å². The fraction of sp³-hybridized carbons (Fsp3) is 0.438. The number of H-pyrrole nitrogens is 1. The zero-order valence-electron chi connectivity index (χ0n) is 24.6. The zero-order chi connectivity index (χ0) is 30.8. The number of aromatic nitrogens is 1. The van der Waals surface area contributed by atoms with Gasteiger partial charge in [-0.25, -0.2) is 4.39 Å². The number of halogens is 1. The number of rotatable bonds is 9. The molecule has 2 aromatic carbocycles. The molecule has 0 saturated carbocycles. The smallest absolute Gasteiger partial charge is 0.305 e. The van der Waals surface area contributed by atoms with Crippen molar-refractivity contribution in [2.24, 2.45) is 0 Å². The minimum atomic E-state index is -0.867. The van der Waals surface area contributed by atoms with Crippen molar-refractivity contribution in [3.05, 3.63) is 84.4 Å². The third kappa shape index (κ3) is 6.75. The third-order valence-electron chi connectivity index (χ3n) is 8.69. The fourth-order valence-corrected chi connectivity index (χ4v) is 7.92. The van der Waals surface area contributed by atoms with E-state index in [0.717, 1.165) is 58.8 Å². The van der Waals surface area contributed by atoms with Crippen LogP contribution in [0.3, 0.4) is 0 Å². The number of aromatic amines is 1. The normalized spacial score (nSPS) is 17.8. The fourth-order valence-electron chi connectivity index (χ4n) is 6.31. The number of phenols is 1. The largest absolute Gasteiger partial charge is 0.506 e. The summed E-state index contributed by atoms with van der Waals surface area (Å²) in [4.78, 5) is 32.5. The number of carbonyl (C=O) groups is 1. The number of benzene rings is 2. The Morgan fingerprint density at radius 3 is 2.75 bits per heavy atom. The standard InChI is InChI=1S/C32H37FN4O5S2/c1-20-24(5-13-43-20)30(40)37-11-12-42-32(19-37)6-9-36(10-7-32)18-22-14-21(15-23(33)16-22)4-8-34-17-27(39)25-2-3-26(38)28-29(25)44-31(41)35-28/h2-3,5,13-16,27,34,38-39H,4,6-12,17-19H2,1H3,(H,35,41). The van der Waals surface area contributed by atoms with Crippen LogP contribution in [0.1, 0.15) is 50.9 Å². The van der Waals surface area contributed by atoms with Gasteiger partial charge in [-0.2, -0.15) is 0 Å². The molecule has 4 N–H and O–H groups in total. The number of ether oxygens (including phenoxy) is 1. The number of aryl methyl sites for hydroxylation is 1. The van der Waals surface area contributed by atoms with Crippen molar-refractivity contribution in [1.82, 2.24) is 20.1 Å². The van der Waals surface area contributed by atoms with Crippen molar-refractivity contribution in [2.75, 3.05) is 45.9 Å². The van der Waals surface area contributed by atoms with Gasteiger partial charge in [-0.1, -0.05) is 23.5 Å². The Bertz CT molecular complexity index is 1690. The summed E-state index contributed by atoms with van der Waals surface area (Å²) in [6.45, 7) is 6.78. The molecule has 12 heteroatoms. The average molecular weight is 641 g/mol. The van der Waals surface area contributed by atoms with Crippen molar-refractivity contribution in [1.29, 1.82) is 0 Å². The number of morpholine rings is 1. The van der Waals surface area contributed by atoms with Gasteiger partial charge in [0.1, 0.15) is 17.1 Å². The van der Waals surface area contributed by atoms with Crippen molar-refractivity contribution >= 4 is 38.8 Å². The Morgan fingerprint density at radius 1 is 1.18 bits per heavy atom. The summed E-state index contributed by atoms with van der Waals surface area (Å²) in [7, 11) is 0. The van der Waals surface area contributed by atoms with Crippen LogP contribution >= 0.6 is 22.7 Å². The number of aliphatic hydroxyl groups excluding tert-OH is 1. The topological polar surface area (TPSA) is 118 Å². The second-order valence-corrected chi connectivity index (χ2v) is 13.9. The van der Waals surface area contributed by atoms with Gasteiger partial charge in [0.2, 0.25) is 0 Å². The lowest BCUT2D eigenvalue weighted by molar-refractivity contribution is -0.127. The molecule has 1 spiro atoms. The Labute approximate surface area is 262 Å². The molecule has 2 fully saturated rings. The summed E-state index contributed by atoms with van der Waals surface area (Å²) in [6.07, 6.45) is 1.36. The predicted octanol–water partition coefficient (Wildman–Crippen LogP) is 4.18. The van der Waals surface area contributed by atoms with E-state index in [-0.39, 0.29) is 34.5 Å². The van der Waals surface area contributed by atoms with Crippen LogP contribution in [0.25, 0.3) is 10.2 Å². The van der Waals surface area contributed by atoms with Gasteiger partial charge in [0.15, 0.2) is 0 Å². The number of fused-ring (bicyclic) bond motifs is 1. The van der Waals surface area contributed by atoms with E-state index in [0.29, 0.717) is 55.0 Å². The first-order chi connectivity index (χ1) is 21.2. The van der Waals surface area contributed by atoms with Crippen LogP contribution < -0.4 is 10.2 Å². The van der Waals surface area contributed by atoms with Crippen LogP contribution in [0.4, 0.5) is 4.39 Å². The quantitative estimate of drug-likeness (QED) is 0.203. The van der Waals surface area contributed by atoms with E-state index in [1.54, 1.807) is 29.5 Å². The van der Waals surface area contributed by atoms with Crippen LogP contribution in [0.5, 0.6) is 5.75 Å². The maximum atomic E-state index is 14.6. The second-order valence-electron chi connectivity index (χ2n) is 11.8. The highest BCUT2D eigenvalue weighted by molar-refractivity contribution is 7.16. The Balaban J connectivity index is 0.995. The molecule has 2 aliphatic rings. The summed E-state index contributed by atoms with van der Waals surface area (Å²) < 4.78 is 21.4. The number of aliphatic hydroxyl groups is 1. The number of nitrogens with zero attached hydrogens (tertiary/aromatic N) is 2. The van der Waals surface area contributed by atoms with Crippen LogP contribution in [0.2, 0.25) is 0 Å². The van der Waals surface area contributed by atoms with E-state index in [4.69, 9.17) is 4.74 Å². The van der Waals surface area contributed by atoms with Gasteiger partial charge in [0.25, 0.3) is 5.91 Å². The SMILES string of the molecule is Cc1sccc1C(=O)N1CCOC2(CCN(Cc3cc(F)cc(CCNCC(O)c4ccc(O)c5[nH]c(=O)sc45)c3)CC2)C1. The number of aromatic hydroxyl groups is 1. The van der Waals surface area contributed by atoms with E-state index in [1.807, 2.05) is 29.3 Å². The molecule has 1 atom stereocenters. The Morgan fingerprint density at radius 2 is 1.98 bits per heavy atom. The van der Waals surface area contributed by atoms with E-state index >= 15 is 0 Å². The Hall–Kier alpha value is -3.13. The number of amides is 1. The maximum Gasteiger partial charge on any atom is 0.305 e. The summed E-state index contributed by atoms with van der Waals surface area (Å²) in [5.74, 6) is -0.214.